The van der Waals surface area contributed by atoms with Gasteiger partial charge in [-0.2, -0.15) is 0 Å². The van der Waals surface area contributed by atoms with Crippen molar-refractivity contribution < 1.29 is 13.2 Å². The van der Waals surface area contributed by atoms with Gasteiger partial charge in [0.25, 0.3) is 0 Å². The summed E-state index contributed by atoms with van der Waals surface area (Å²) < 4.78 is 25.5. The summed E-state index contributed by atoms with van der Waals surface area (Å²) in [5.74, 6) is 0.499. The number of sulfone groups is 1. The molecule has 2 unspecified atom stereocenters. The van der Waals surface area contributed by atoms with Crippen LogP contribution in [0.3, 0.4) is 0 Å². The first kappa shape index (κ1) is 26.1. The number of hydrogen-bond donors (Lipinski definition) is 3. The fourth-order valence-electron chi connectivity index (χ4n) is 3.63. The standard InChI is InChI=1S/C23H30N4O3S.HI/c1-3-18(16-31(29,30)19-10-6-5-7-11-19)26-23(24-4-2)25-15-17-14-22(28)27-21-13-9-8-12-20(17)21;/h5-13,17-18H,3-4,14-16H2,1-2H3,(H,27,28)(H2,24,25,26);1H. The maximum Gasteiger partial charge on any atom is 0.225 e. The Balaban J connectivity index is 0.00000363. The molecule has 2 aromatic carbocycles. The Bertz CT molecular complexity index is 1030. The van der Waals surface area contributed by atoms with Crippen LogP contribution < -0.4 is 16.0 Å². The van der Waals surface area contributed by atoms with Crippen molar-refractivity contribution in [2.45, 2.75) is 43.5 Å². The molecule has 7 nitrogen and oxygen atoms in total. The molecule has 3 rings (SSSR count). The van der Waals surface area contributed by atoms with Crippen molar-refractivity contribution in [1.82, 2.24) is 10.6 Å². The van der Waals surface area contributed by atoms with Crippen molar-refractivity contribution in [1.29, 1.82) is 0 Å². The van der Waals surface area contributed by atoms with E-state index in [0.29, 0.717) is 36.8 Å². The molecule has 0 bridgehead atoms. The zero-order valence-corrected chi connectivity index (χ0v) is 21.5. The van der Waals surface area contributed by atoms with Gasteiger partial charge in [-0.05, 0) is 37.1 Å². The molecule has 1 aliphatic heterocycles. The number of carbonyl (C=O) groups excluding carboxylic acids is 1. The second-order valence-corrected chi connectivity index (χ2v) is 9.63. The molecule has 9 heteroatoms. The Morgan fingerprint density at radius 3 is 2.50 bits per heavy atom. The second-order valence-electron chi connectivity index (χ2n) is 7.60. The zero-order valence-electron chi connectivity index (χ0n) is 18.4. The average Bonchev–Trinajstić information content (AvgIpc) is 2.77. The van der Waals surface area contributed by atoms with E-state index in [9.17, 15) is 13.2 Å². The summed E-state index contributed by atoms with van der Waals surface area (Å²) in [5.41, 5.74) is 1.90. The minimum Gasteiger partial charge on any atom is -0.357 e. The van der Waals surface area contributed by atoms with Crippen molar-refractivity contribution in [3.63, 3.8) is 0 Å². The Labute approximate surface area is 207 Å². The largest absolute Gasteiger partial charge is 0.357 e. The normalized spacial score (nSPS) is 16.9. The number of amides is 1. The van der Waals surface area contributed by atoms with Crippen LogP contribution in [0.4, 0.5) is 5.69 Å². The van der Waals surface area contributed by atoms with Gasteiger partial charge in [0.05, 0.1) is 17.2 Å². The van der Waals surface area contributed by atoms with E-state index >= 15 is 0 Å². The van der Waals surface area contributed by atoms with Crippen LogP contribution in [0.2, 0.25) is 0 Å². The van der Waals surface area contributed by atoms with Crippen molar-refractivity contribution >= 4 is 51.4 Å². The first-order chi connectivity index (χ1) is 14.9. The Morgan fingerprint density at radius 1 is 1.12 bits per heavy atom. The van der Waals surface area contributed by atoms with Crippen LogP contribution in [0.25, 0.3) is 0 Å². The molecule has 0 aromatic heterocycles. The number of aliphatic imine (C=N–C) groups is 1. The average molecular weight is 570 g/mol. The number of para-hydroxylation sites is 1. The SMILES string of the molecule is CCNC(=NCC1CC(=O)Nc2ccccc21)NC(CC)CS(=O)(=O)c1ccccc1.I. The fourth-order valence-corrected chi connectivity index (χ4v) is 5.24. The first-order valence-corrected chi connectivity index (χ1v) is 12.3. The van der Waals surface area contributed by atoms with Crippen LogP contribution in [0.1, 0.15) is 38.2 Å². The first-order valence-electron chi connectivity index (χ1n) is 10.6. The predicted octanol–water partition coefficient (Wildman–Crippen LogP) is 3.54. The smallest absolute Gasteiger partial charge is 0.225 e. The summed E-state index contributed by atoms with van der Waals surface area (Å²) in [4.78, 5) is 17.1. The molecule has 32 heavy (non-hydrogen) atoms. The Hall–Kier alpha value is -2.14. The summed E-state index contributed by atoms with van der Waals surface area (Å²) in [6.07, 6.45) is 1.00. The number of carbonyl (C=O) groups is 1. The highest BCUT2D eigenvalue weighted by molar-refractivity contribution is 14.0. The number of benzene rings is 2. The van der Waals surface area contributed by atoms with E-state index in [1.165, 1.54) is 0 Å². The molecule has 1 aliphatic rings. The number of anilines is 1. The number of nitrogens with zero attached hydrogens (tertiary/aromatic N) is 1. The van der Waals surface area contributed by atoms with Crippen molar-refractivity contribution in [3.8, 4) is 0 Å². The molecule has 0 saturated carbocycles. The van der Waals surface area contributed by atoms with Gasteiger partial charge in [0, 0.05) is 30.6 Å². The molecular weight excluding hydrogens is 539 g/mol. The monoisotopic (exact) mass is 570 g/mol. The van der Waals surface area contributed by atoms with Gasteiger partial charge >= 0.3 is 0 Å². The summed E-state index contributed by atoms with van der Waals surface area (Å²) in [6, 6.07) is 16.0. The maximum absolute atomic E-state index is 12.8. The molecule has 0 radical (unpaired) electrons. The van der Waals surface area contributed by atoms with Crippen molar-refractivity contribution in [2.24, 2.45) is 4.99 Å². The summed E-state index contributed by atoms with van der Waals surface area (Å²) in [6.45, 7) is 4.99. The zero-order chi connectivity index (χ0) is 22.3. The summed E-state index contributed by atoms with van der Waals surface area (Å²) in [7, 11) is -3.41. The van der Waals surface area contributed by atoms with Gasteiger partial charge in [0.2, 0.25) is 5.91 Å². The number of halogens is 1. The minimum atomic E-state index is -3.41. The molecule has 174 valence electrons. The van der Waals surface area contributed by atoms with E-state index < -0.39 is 9.84 Å². The summed E-state index contributed by atoms with van der Waals surface area (Å²) >= 11 is 0. The molecule has 0 aliphatic carbocycles. The van der Waals surface area contributed by atoms with E-state index in [1.54, 1.807) is 30.3 Å². The summed E-state index contributed by atoms with van der Waals surface area (Å²) in [5, 5.41) is 9.36. The van der Waals surface area contributed by atoms with Crippen LogP contribution in [-0.2, 0) is 14.6 Å². The van der Waals surface area contributed by atoms with E-state index in [0.717, 1.165) is 11.3 Å². The Morgan fingerprint density at radius 2 is 1.81 bits per heavy atom. The predicted molar refractivity (Wildman–Crippen MR) is 140 cm³/mol. The van der Waals surface area contributed by atoms with Gasteiger partial charge in [-0.3, -0.25) is 9.79 Å². The van der Waals surface area contributed by atoms with E-state index in [1.807, 2.05) is 38.1 Å². The Kier molecular flexibility index (Phi) is 9.95. The number of nitrogens with one attached hydrogen (secondary N) is 3. The van der Waals surface area contributed by atoms with Crippen LogP contribution in [0, 0.1) is 0 Å². The van der Waals surface area contributed by atoms with E-state index in [4.69, 9.17) is 0 Å². The highest BCUT2D eigenvalue weighted by Crippen LogP contribution is 2.32. The minimum absolute atomic E-state index is 0. The lowest BCUT2D eigenvalue weighted by atomic mass is 9.91. The number of fused-ring (bicyclic) bond motifs is 1. The molecule has 2 aromatic rings. The van der Waals surface area contributed by atoms with Gasteiger partial charge in [-0.15, -0.1) is 24.0 Å². The quantitative estimate of drug-likeness (QED) is 0.256. The fraction of sp³-hybridized carbons (Fsp3) is 0.391. The molecule has 3 N–H and O–H groups in total. The highest BCUT2D eigenvalue weighted by Gasteiger charge is 2.25. The van der Waals surface area contributed by atoms with Crippen LogP contribution >= 0.6 is 24.0 Å². The van der Waals surface area contributed by atoms with Crippen LogP contribution in [0.5, 0.6) is 0 Å². The molecular formula is C23H31IN4O3S. The lowest BCUT2D eigenvalue weighted by Gasteiger charge is -2.25. The van der Waals surface area contributed by atoms with Crippen LogP contribution in [-0.4, -0.2) is 45.2 Å². The van der Waals surface area contributed by atoms with Gasteiger partial charge in [-0.25, -0.2) is 8.42 Å². The highest BCUT2D eigenvalue weighted by atomic mass is 127. The number of guanidine groups is 1. The van der Waals surface area contributed by atoms with E-state index in [2.05, 4.69) is 20.9 Å². The third-order valence-electron chi connectivity index (χ3n) is 5.28. The lowest BCUT2D eigenvalue weighted by Crippen LogP contribution is -2.46. The molecule has 1 amide bonds. The molecule has 0 saturated heterocycles. The molecule has 0 fully saturated rings. The molecule has 2 atom stereocenters. The van der Waals surface area contributed by atoms with Crippen molar-refractivity contribution in [3.05, 3.63) is 60.2 Å². The van der Waals surface area contributed by atoms with Crippen LogP contribution in [0.15, 0.2) is 64.5 Å². The second kappa shape index (κ2) is 12.2. The third-order valence-corrected chi connectivity index (χ3v) is 7.11. The molecule has 0 spiro atoms. The van der Waals surface area contributed by atoms with E-state index in [-0.39, 0.29) is 47.6 Å². The number of hydrogen-bond acceptors (Lipinski definition) is 4. The molecule has 1 heterocycles. The van der Waals surface area contributed by atoms with Gasteiger partial charge in [0.15, 0.2) is 15.8 Å². The van der Waals surface area contributed by atoms with Crippen molar-refractivity contribution in [2.75, 3.05) is 24.2 Å². The third kappa shape index (κ3) is 6.93. The van der Waals surface area contributed by atoms with Gasteiger partial charge < -0.3 is 16.0 Å². The maximum atomic E-state index is 12.8. The lowest BCUT2D eigenvalue weighted by molar-refractivity contribution is -0.116. The van der Waals surface area contributed by atoms with Gasteiger partial charge in [0.1, 0.15) is 0 Å². The van der Waals surface area contributed by atoms with Gasteiger partial charge in [-0.1, -0.05) is 43.3 Å². The number of rotatable bonds is 8. The topological polar surface area (TPSA) is 99.7 Å².